The summed E-state index contributed by atoms with van der Waals surface area (Å²) in [7, 11) is 0. The van der Waals surface area contributed by atoms with E-state index in [0.717, 1.165) is 22.3 Å². The van der Waals surface area contributed by atoms with Crippen molar-refractivity contribution in [1.82, 2.24) is 9.47 Å². The van der Waals surface area contributed by atoms with Crippen molar-refractivity contribution in [3.05, 3.63) is 112 Å². The lowest BCUT2D eigenvalue weighted by molar-refractivity contribution is -0.138. The van der Waals surface area contributed by atoms with Crippen molar-refractivity contribution >= 4 is 17.6 Å². The zero-order valence-corrected chi connectivity index (χ0v) is 22.2. The minimum atomic E-state index is -0.932. The van der Waals surface area contributed by atoms with Crippen LogP contribution in [0.1, 0.15) is 34.7 Å². The summed E-state index contributed by atoms with van der Waals surface area (Å²) in [5.74, 6) is -0.686. The Balaban J connectivity index is 1.55. The first-order chi connectivity index (χ1) is 18.7. The van der Waals surface area contributed by atoms with Gasteiger partial charge in [0, 0.05) is 36.3 Å². The smallest absolute Gasteiger partial charge is 0.305 e. The SMILES string of the molecule is Cc1cc(CN(Cc2ccc(F)cc2)C(CC(=O)O)c2ccc(Cl)cc2)ccc1OCCn1c(O)ccc1O. The van der Waals surface area contributed by atoms with Crippen molar-refractivity contribution in [2.45, 2.75) is 39.0 Å². The Bertz CT molecular complexity index is 1390. The van der Waals surface area contributed by atoms with Gasteiger partial charge in [0.2, 0.25) is 0 Å². The Hall–Kier alpha value is -4.01. The first-order valence-electron chi connectivity index (χ1n) is 12.4. The summed E-state index contributed by atoms with van der Waals surface area (Å²) in [6.07, 6.45) is -0.123. The van der Waals surface area contributed by atoms with Crippen LogP contribution in [0.15, 0.2) is 78.9 Å². The van der Waals surface area contributed by atoms with Crippen molar-refractivity contribution in [3.63, 3.8) is 0 Å². The summed E-state index contributed by atoms with van der Waals surface area (Å²) in [6.45, 7) is 3.27. The van der Waals surface area contributed by atoms with E-state index in [-0.39, 0.29) is 37.1 Å². The van der Waals surface area contributed by atoms with Crippen molar-refractivity contribution in [2.24, 2.45) is 0 Å². The first kappa shape index (κ1) is 28.0. The number of hydrogen-bond acceptors (Lipinski definition) is 5. The molecule has 0 aliphatic heterocycles. The lowest BCUT2D eigenvalue weighted by Crippen LogP contribution is -2.30. The van der Waals surface area contributed by atoms with Crippen LogP contribution in [-0.4, -0.2) is 37.4 Å². The number of aliphatic carboxylic acids is 1. The van der Waals surface area contributed by atoms with Crippen LogP contribution in [0.2, 0.25) is 5.02 Å². The van der Waals surface area contributed by atoms with Gasteiger partial charge in [0.15, 0.2) is 11.8 Å². The van der Waals surface area contributed by atoms with E-state index >= 15 is 0 Å². The number of hydrogen-bond donors (Lipinski definition) is 3. The minimum Gasteiger partial charge on any atom is -0.494 e. The van der Waals surface area contributed by atoms with Gasteiger partial charge in [-0.05, 0) is 59.5 Å². The maximum Gasteiger partial charge on any atom is 0.305 e. The molecule has 0 bridgehead atoms. The second-order valence-corrected chi connectivity index (χ2v) is 9.78. The number of ether oxygens (including phenoxy) is 1. The minimum absolute atomic E-state index is 0.0407. The largest absolute Gasteiger partial charge is 0.494 e. The van der Waals surface area contributed by atoms with E-state index in [9.17, 15) is 24.5 Å². The van der Waals surface area contributed by atoms with E-state index in [1.165, 1.54) is 28.8 Å². The van der Waals surface area contributed by atoms with Crippen molar-refractivity contribution < 1.29 is 29.2 Å². The number of carboxylic acid groups (broad SMARTS) is 1. The fraction of sp³-hybridized carbons (Fsp3) is 0.233. The summed E-state index contributed by atoms with van der Waals surface area (Å²) in [6, 6.07) is 21.5. The van der Waals surface area contributed by atoms with Crippen molar-refractivity contribution in [3.8, 4) is 17.5 Å². The van der Waals surface area contributed by atoms with Gasteiger partial charge in [-0.15, -0.1) is 0 Å². The number of aromatic hydroxyl groups is 2. The van der Waals surface area contributed by atoms with Gasteiger partial charge in [0.25, 0.3) is 0 Å². The molecule has 7 nitrogen and oxygen atoms in total. The molecule has 39 heavy (non-hydrogen) atoms. The maximum absolute atomic E-state index is 13.6. The van der Waals surface area contributed by atoms with E-state index in [4.69, 9.17) is 16.3 Å². The lowest BCUT2D eigenvalue weighted by Gasteiger charge is -2.32. The van der Waals surface area contributed by atoms with E-state index in [2.05, 4.69) is 4.90 Å². The van der Waals surface area contributed by atoms with Gasteiger partial charge in [0.1, 0.15) is 18.2 Å². The number of nitrogens with zero attached hydrogens (tertiary/aromatic N) is 2. The fourth-order valence-electron chi connectivity index (χ4n) is 4.54. The van der Waals surface area contributed by atoms with Crippen LogP contribution in [0.4, 0.5) is 4.39 Å². The topological polar surface area (TPSA) is 95.2 Å². The summed E-state index contributed by atoms with van der Waals surface area (Å²) < 4.78 is 20.8. The van der Waals surface area contributed by atoms with Gasteiger partial charge in [-0.1, -0.05) is 48.0 Å². The number of benzene rings is 3. The number of halogens is 2. The third-order valence-electron chi connectivity index (χ3n) is 6.49. The van der Waals surface area contributed by atoms with Gasteiger partial charge >= 0.3 is 5.97 Å². The first-order valence-corrected chi connectivity index (χ1v) is 12.8. The predicted octanol–water partition coefficient (Wildman–Crippen LogP) is 6.30. The Kier molecular flexibility index (Phi) is 9.11. The summed E-state index contributed by atoms with van der Waals surface area (Å²) in [4.78, 5) is 13.9. The molecule has 1 heterocycles. The Morgan fingerprint density at radius 3 is 2.18 bits per heavy atom. The highest BCUT2D eigenvalue weighted by atomic mass is 35.5. The second-order valence-electron chi connectivity index (χ2n) is 9.35. The van der Waals surface area contributed by atoms with Gasteiger partial charge in [-0.2, -0.15) is 0 Å². The van der Waals surface area contributed by atoms with Crippen LogP contribution < -0.4 is 4.74 Å². The summed E-state index contributed by atoms with van der Waals surface area (Å²) in [5.41, 5.74) is 3.51. The molecule has 3 N–H and O–H groups in total. The van der Waals surface area contributed by atoms with Gasteiger partial charge < -0.3 is 20.1 Å². The number of carbonyl (C=O) groups is 1. The molecular weight excluding hydrogens is 523 g/mol. The highest BCUT2D eigenvalue weighted by molar-refractivity contribution is 6.30. The maximum atomic E-state index is 13.6. The summed E-state index contributed by atoms with van der Waals surface area (Å²) in [5, 5.41) is 29.9. The molecule has 9 heteroatoms. The third-order valence-corrected chi connectivity index (χ3v) is 6.75. The number of aromatic nitrogens is 1. The monoisotopic (exact) mass is 552 g/mol. The molecular formula is C30H30ClFN2O5. The van der Waals surface area contributed by atoms with Crippen LogP contribution in [0.3, 0.4) is 0 Å². The van der Waals surface area contributed by atoms with E-state index < -0.39 is 12.0 Å². The molecule has 3 aromatic carbocycles. The Morgan fingerprint density at radius 2 is 1.56 bits per heavy atom. The standard InChI is InChI=1S/C30H30ClFN2O5/c1-20-16-22(4-11-27(20)39-15-14-34-28(35)12-13-29(34)36)19-33(18-21-2-9-25(32)10-3-21)26(17-30(37)38)23-5-7-24(31)8-6-23/h2-13,16,26,35-36H,14-15,17-19H2,1H3,(H,37,38). The molecule has 1 atom stereocenters. The van der Waals surface area contributed by atoms with Gasteiger partial charge in [0.05, 0.1) is 13.0 Å². The molecule has 0 saturated carbocycles. The van der Waals surface area contributed by atoms with E-state index in [0.29, 0.717) is 23.9 Å². The molecule has 204 valence electrons. The average molecular weight is 553 g/mol. The highest BCUT2D eigenvalue weighted by Gasteiger charge is 2.24. The normalized spacial score (nSPS) is 12.0. The fourth-order valence-corrected chi connectivity index (χ4v) is 4.66. The quantitative estimate of drug-likeness (QED) is 0.191. The molecule has 0 spiro atoms. The number of rotatable bonds is 12. The Morgan fingerprint density at radius 1 is 0.949 bits per heavy atom. The molecule has 4 rings (SSSR count). The average Bonchev–Trinajstić information content (AvgIpc) is 3.22. The molecule has 0 fully saturated rings. The molecule has 0 saturated heterocycles. The van der Waals surface area contributed by atoms with Gasteiger partial charge in [-0.25, -0.2) is 4.39 Å². The van der Waals surface area contributed by atoms with Crippen LogP contribution >= 0.6 is 11.6 Å². The second kappa shape index (κ2) is 12.7. The highest BCUT2D eigenvalue weighted by Crippen LogP contribution is 2.30. The Labute approximate surface area is 231 Å². The van der Waals surface area contributed by atoms with Crippen LogP contribution in [0.25, 0.3) is 0 Å². The van der Waals surface area contributed by atoms with E-state index in [1.807, 2.05) is 37.3 Å². The lowest BCUT2D eigenvalue weighted by atomic mass is 9.99. The zero-order chi connectivity index (χ0) is 27.9. The molecule has 1 unspecified atom stereocenters. The molecule has 0 aliphatic rings. The molecule has 0 amide bonds. The number of aryl methyl sites for hydroxylation is 1. The van der Waals surface area contributed by atoms with Crippen molar-refractivity contribution in [2.75, 3.05) is 6.61 Å². The predicted molar refractivity (Wildman–Crippen MR) is 147 cm³/mol. The van der Waals surface area contributed by atoms with Crippen LogP contribution in [0.5, 0.6) is 17.5 Å². The third kappa shape index (κ3) is 7.52. The molecule has 0 aliphatic carbocycles. The van der Waals surface area contributed by atoms with Crippen molar-refractivity contribution in [1.29, 1.82) is 0 Å². The zero-order valence-electron chi connectivity index (χ0n) is 21.4. The molecule has 1 aromatic heterocycles. The van der Waals surface area contributed by atoms with Crippen LogP contribution in [0, 0.1) is 12.7 Å². The molecule has 0 radical (unpaired) electrons. The summed E-state index contributed by atoms with van der Waals surface area (Å²) >= 11 is 6.09. The molecule has 4 aromatic rings. The number of carboxylic acids is 1. The van der Waals surface area contributed by atoms with E-state index in [1.54, 1.807) is 24.3 Å². The van der Waals surface area contributed by atoms with Crippen LogP contribution in [-0.2, 0) is 24.4 Å². The van der Waals surface area contributed by atoms with Gasteiger partial charge in [-0.3, -0.25) is 14.3 Å².